The Morgan fingerprint density at radius 1 is 1.04 bits per heavy atom. The van der Waals surface area contributed by atoms with Crippen LogP contribution < -0.4 is 4.74 Å². The van der Waals surface area contributed by atoms with Gasteiger partial charge in [0.2, 0.25) is 5.82 Å². The van der Waals surface area contributed by atoms with Gasteiger partial charge in [-0.3, -0.25) is 0 Å². The van der Waals surface area contributed by atoms with E-state index in [1.54, 1.807) is 18.2 Å². The monoisotopic (exact) mass is 352 g/mol. The van der Waals surface area contributed by atoms with Crippen molar-refractivity contribution in [2.45, 2.75) is 26.4 Å². The van der Waals surface area contributed by atoms with Crippen molar-refractivity contribution in [3.63, 3.8) is 0 Å². The summed E-state index contributed by atoms with van der Waals surface area (Å²) in [5.74, 6) is 1.00. The largest absolute Gasteiger partial charge is 0.482 e. The minimum atomic E-state index is -0.541. The highest BCUT2D eigenvalue weighted by atomic mass is 16.6. The second-order valence-electron chi connectivity index (χ2n) is 6.69. The molecule has 0 saturated heterocycles. The third-order valence-corrected chi connectivity index (χ3v) is 3.32. The molecule has 0 unspecified atom stereocenters. The fourth-order valence-electron chi connectivity index (χ4n) is 2.28. The first-order valence-corrected chi connectivity index (χ1v) is 8.25. The van der Waals surface area contributed by atoms with Crippen LogP contribution in [0.4, 0.5) is 0 Å². The molecule has 3 aromatic rings. The summed E-state index contributed by atoms with van der Waals surface area (Å²) in [7, 11) is 0. The van der Waals surface area contributed by atoms with Gasteiger partial charge in [0.15, 0.2) is 6.61 Å². The van der Waals surface area contributed by atoms with E-state index < -0.39 is 11.6 Å². The van der Waals surface area contributed by atoms with Crippen LogP contribution in [0.1, 0.15) is 20.8 Å². The molecule has 1 heterocycles. The summed E-state index contributed by atoms with van der Waals surface area (Å²) in [5.41, 5.74) is 1.04. The van der Waals surface area contributed by atoms with Gasteiger partial charge in [-0.15, -0.1) is 0 Å². The standard InChI is InChI=1S/C20H20N2O4/c1-20(2,3)25-17(23)13-24-16-11-7-10-15(12-16)18-21-19(26-22-18)14-8-5-4-6-9-14/h4-12H,13H2,1-3H3. The summed E-state index contributed by atoms with van der Waals surface area (Å²) in [5, 5.41) is 4.01. The highest BCUT2D eigenvalue weighted by Crippen LogP contribution is 2.24. The number of ether oxygens (including phenoxy) is 2. The molecule has 3 rings (SSSR count). The Kier molecular flexibility index (Phi) is 5.02. The smallest absolute Gasteiger partial charge is 0.344 e. The van der Waals surface area contributed by atoms with Gasteiger partial charge in [-0.1, -0.05) is 35.5 Å². The van der Waals surface area contributed by atoms with Crippen molar-refractivity contribution in [2.75, 3.05) is 6.61 Å². The zero-order chi connectivity index (χ0) is 18.6. The molecule has 0 atom stereocenters. The number of rotatable bonds is 5. The first kappa shape index (κ1) is 17.7. The maximum absolute atomic E-state index is 11.8. The summed E-state index contributed by atoms with van der Waals surface area (Å²) in [6.45, 7) is 5.27. The Hall–Kier alpha value is -3.15. The van der Waals surface area contributed by atoms with Crippen LogP contribution in [-0.2, 0) is 9.53 Å². The molecule has 2 aromatic carbocycles. The molecule has 0 radical (unpaired) electrons. The van der Waals surface area contributed by atoms with Gasteiger partial charge in [0.1, 0.15) is 11.4 Å². The summed E-state index contributed by atoms with van der Waals surface area (Å²) in [6, 6.07) is 16.7. The lowest BCUT2D eigenvalue weighted by Gasteiger charge is -2.19. The van der Waals surface area contributed by atoms with Gasteiger partial charge in [0, 0.05) is 11.1 Å². The van der Waals surface area contributed by atoms with Crippen LogP contribution >= 0.6 is 0 Å². The number of carbonyl (C=O) groups excluding carboxylic acids is 1. The molecule has 0 spiro atoms. The SMILES string of the molecule is CC(C)(C)OC(=O)COc1cccc(-c2noc(-c3ccccc3)n2)c1. The van der Waals surface area contributed by atoms with E-state index in [0.717, 1.165) is 11.1 Å². The van der Waals surface area contributed by atoms with Crippen LogP contribution in [0.25, 0.3) is 22.8 Å². The van der Waals surface area contributed by atoms with Crippen LogP contribution in [-0.4, -0.2) is 28.3 Å². The van der Waals surface area contributed by atoms with E-state index in [0.29, 0.717) is 17.5 Å². The molecule has 0 aliphatic rings. The molecule has 0 saturated carbocycles. The highest BCUT2D eigenvalue weighted by molar-refractivity contribution is 5.71. The number of aromatic nitrogens is 2. The molecule has 0 aliphatic carbocycles. The van der Waals surface area contributed by atoms with Crippen molar-refractivity contribution < 1.29 is 18.8 Å². The van der Waals surface area contributed by atoms with Gasteiger partial charge < -0.3 is 14.0 Å². The highest BCUT2D eigenvalue weighted by Gasteiger charge is 2.17. The molecule has 0 amide bonds. The lowest BCUT2D eigenvalue weighted by atomic mass is 10.2. The Morgan fingerprint density at radius 2 is 1.77 bits per heavy atom. The van der Waals surface area contributed by atoms with E-state index in [1.165, 1.54) is 0 Å². The Morgan fingerprint density at radius 3 is 2.50 bits per heavy atom. The van der Waals surface area contributed by atoms with Crippen LogP contribution in [0.5, 0.6) is 5.75 Å². The Balaban J connectivity index is 1.70. The van der Waals surface area contributed by atoms with Gasteiger partial charge in [0.05, 0.1) is 0 Å². The zero-order valence-electron chi connectivity index (χ0n) is 14.9. The number of esters is 1. The molecule has 1 aromatic heterocycles. The Bertz CT molecular complexity index is 882. The maximum atomic E-state index is 11.8. The second kappa shape index (κ2) is 7.39. The molecular formula is C20H20N2O4. The third kappa shape index (κ3) is 4.69. The minimum Gasteiger partial charge on any atom is -0.482 e. The van der Waals surface area contributed by atoms with E-state index in [2.05, 4.69) is 10.1 Å². The molecule has 6 heteroatoms. The van der Waals surface area contributed by atoms with Crippen LogP contribution in [0.15, 0.2) is 59.1 Å². The number of hydrogen-bond acceptors (Lipinski definition) is 6. The van der Waals surface area contributed by atoms with Gasteiger partial charge in [-0.25, -0.2) is 4.79 Å². The van der Waals surface area contributed by atoms with Crippen LogP contribution in [0.3, 0.4) is 0 Å². The fraction of sp³-hybridized carbons (Fsp3) is 0.250. The third-order valence-electron chi connectivity index (χ3n) is 3.32. The number of hydrogen-bond donors (Lipinski definition) is 0. The van der Waals surface area contributed by atoms with Crippen LogP contribution in [0, 0.1) is 0 Å². The van der Waals surface area contributed by atoms with Gasteiger partial charge in [-0.05, 0) is 45.0 Å². The van der Waals surface area contributed by atoms with E-state index in [1.807, 2.05) is 57.2 Å². The molecule has 0 bridgehead atoms. The maximum Gasteiger partial charge on any atom is 0.344 e. The van der Waals surface area contributed by atoms with Crippen molar-refractivity contribution in [3.05, 3.63) is 54.6 Å². The normalized spacial score (nSPS) is 11.2. The first-order valence-electron chi connectivity index (χ1n) is 8.25. The van der Waals surface area contributed by atoms with E-state index in [-0.39, 0.29) is 6.61 Å². The lowest BCUT2D eigenvalue weighted by molar-refractivity contribution is -0.157. The molecule has 0 fully saturated rings. The van der Waals surface area contributed by atoms with Crippen molar-refractivity contribution in [1.29, 1.82) is 0 Å². The summed E-state index contributed by atoms with van der Waals surface area (Å²) in [4.78, 5) is 16.2. The first-order chi connectivity index (χ1) is 12.4. The minimum absolute atomic E-state index is 0.164. The number of nitrogens with zero attached hydrogens (tertiary/aromatic N) is 2. The number of carbonyl (C=O) groups is 1. The fourth-order valence-corrected chi connectivity index (χ4v) is 2.28. The van der Waals surface area contributed by atoms with Gasteiger partial charge in [0.25, 0.3) is 5.89 Å². The molecule has 0 N–H and O–H groups in total. The van der Waals surface area contributed by atoms with Crippen molar-refractivity contribution >= 4 is 5.97 Å². The zero-order valence-corrected chi connectivity index (χ0v) is 14.9. The van der Waals surface area contributed by atoms with Gasteiger partial charge in [-0.2, -0.15) is 4.98 Å². The topological polar surface area (TPSA) is 74.5 Å². The second-order valence-corrected chi connectivity index (χ2v) is 6.69. The van der Waals surface area contributed by atoms with E-state index in [9.17, 15) is 4.79 Å². The molecule has 134 valence electrons. The van der Waals surface area contributed by atoms with Crippen molar-refractivity contribution in [2.24, 2.45) is 0 Å². The number of benzene rings is 2. The molecule has 0 aliphatic heterocycles. The van der Waals surface area contributed by atoms with E-state index in [4.69, 9.17) is 14.0 Å². The van der Waals surface area contributed by atoms with Gasteiger partial charge >= 0.3 is 5.97 Å². The summed E-state index contributed by atoms with van der Waals surface area (Å²) >= 11 is 0. The summed E-state index contributed by atoms with van der Waals surface area (Å²) in [6.07, 6.45) is 0. The molecular weight excluding hydrogens is 332 g/mol. The van der Waals surface area contributed by atoms with Crippen molar-refractivity contribution in [1.82, 2.24) is 10.1 Å². The van der Waals surface area contributed by atoms with E-state index >= 15 is 0 Å². The Labute approximate surface area is 151 Å². The van der Waals surface area contributed by atoms with Crippen molar-refractivity contribution in [3.8, 4) is 28.6 Å². The molecule has 26 heavy (non-hydrogen) atoms. The average molecular weight is 352 g/mol. The predicted octanol–water partition coefficient (Wildman–Crippen LogP) is 4.12. The molecule has 6 nitrogen and oxygen atoms in total. The quantitative estimate of drug-likeness (QED) is 0.643. The average Bonchev–Trinajstić information content (AvgIpc) is 3.10. The lowest BCUT2D eigenvalue weighted by Crippen LogP contribution is -2.27. The predicted molar refractivity (Wildman–Crippen MR) is 96.5 cm³/mol. The summed E-state index contributed by atoms with van der Waals surface area (Å²) < 4.78 is 16.1. The van der Waals surface area contributed by atoms with Crippen LogP contribution in [0.2, 0.25) is 0 Å².